The third-order valence-electron chi connectivity index (χ3n) is 2.43. The summed E-state index contributed by atoms with van der Waals surface area (Å²) in [5.74, 6) is 0.875. The van der Waals surface area contributed by atoms with E-state index < -0.39 is 0 Å². The second-order valence-electron chi connectivity index (χ2n) is 3.70. The van der Waals surface area contributed by atoms with Crippen molar-refractivity contribution >= 4 is 11.6 Å². The lowest BCUT2D eigenvalue weighted by molar-refractivity contribution is 0.197. The van der Waals surface area contributed by atoms with Crippen molar-refractivity contribution in [1.82, 2.24) is 5.32 Å². The molecule has 1 rings (SSSR count). The van der Waals surface area contributed by atoms with Crippen LogP contribution in [-0.4, -0.2) is 33.4 Å². The molecule has 4 heteroatoms. The van der Waals surface area contributed by atoms with E-state index >= 15 is 0 Å². The number of ether oxygens (including phenoxy) is 2. The van der Waals surface area contributed by atoms with Crippen LogP contribution in [0.1, 0.15) is 12.5 Å². The molecule has 0 spiro atoms. The minimum Gasteiger partial charge on any atom is -0.492 e. The first kappa shape index (κ1) is 14.3. The Morgan fingerprint density at radius 3 is 2.71 bits per heavy atom. The van der Waals surface area contributed by atoms with Gasteiger partial charge in [-0.15, -0.1) is 0 Å². The molecule has 0 saturated heterocycles. The van der Waals surface area contributed by atoms with Gasteiger partial charge in [-0.1, -0.05) is 18.5 Å². The maximum atomic E-state index is 6.03. The molecule has 1 aromatic rings. The Bertz CT molecular complexity index is 331. The van der Waals surface area contributed by atoms with Crippen LogP contribution in [0.4, 0.5) is 0 Å². The average molecular weight is 258 g/mol. The molecule has 0 fully saturated rings. The number of benzene rings is 1. The van der Waals surface area contributed by atoms with E-state index in [2.05, 4.69) is 12.2 Å². The standard InChI is InChI=1S/C13H20ClNO2/c1-3-11-10-12(4-5-13(11)14)17-9-7-15-6-8-16-2/h4-5,10,15H,3,6-9H2,1-2H3. The minimum absolute atomic E-state index is 0.647. The number of nitrogens with one attached hydrogen (secondary N) is 1. The summed E-state index contributed by atoms with van der Waals surface area (Å²) < 4.78 is 10.6. The van der Waals surface area contributed by atoms with Gasteiger partial charge in [-0.2, -0.15) is 0 Å². The fourth-order valence-corrected chi connectivity index (χ4v) is 1.70. The molecule has 0 unspecified atom stereocenters. The molecule has 0 atom stereocenters. The molecule has 0 aliphatic heterocycles. The van der Waals surface area contributed by atoms with Crippen LogP contribution in [-0.2, 0) is 11.2 Å². The number of hydrogen-bond donors (Lipinski definition) is 1. The number of hydrogen-bond acceptors (Lipinski definition) is 3. The third kappa shape index (κ3) is 5.39. The van der Waals surface area contributed by atoms with Crippen LogP contribution in [0.5, 0.6) is 5.75 Å². The zero-order chi connectivity index (χ0) is 12.5. The summed E-state index contributed by atoms with van der Waals surface area (Å²) in [5.41, 5.74) is 1.12. The maximum absolute atomic E-state index is 6.03. The van der Waals surface area contributed by atoms with E-state index in [1.54, 1.807) is 7.11 Å². The second-order valence-corrected chi connectivity index (χ2v) is 4.11. The minimum atomic E-state index is 0.647. The highest BCUT2D eigenvalue weighted by Gasteiger charge is 2.00. The molecule has 1 aromatic carbocycles. The summed E-state index contributed by atoms with van der Waals surface area (Å²) in [6.45, 7) is 5.11. The van der Waals surface area contributed by atoms with Crippen LogP contribution in [0.2, 0.25) is 5.02 Å². The molecule has 1 N–H and O–H groups in total. The van der Waals surface area contributed by atoms with Crippen molar-refractivity contribution in [3.05, 3.63) is 28.8 Å². The third-order valence-corrected chi connectivity index (χ3v) is 2.80. The lowest BCUT2D eigenvalue weighted by Gasteiger charge is -2.09. The zero-order valence-electron chi connectivity index (χ0n) is 10.5. The van der Waals surface area contributed by atoms with Gasteiger partial charge in [0.15, 0.2) is 0 Å². The molecule has 0 aliphatic rings. The molecule has 0 aliphatic carbocycles. The Morgan fingerprint density at radius 2 is 2.00 bits per heavy atom. The van der Waals surface area contributed by atoms with Gasteiger partial charge in [0.1, 0.15) is 12.4 Å². The molecular formula is C13H20ClNO2. The molecule has 17 heavy (non-hydrogen) atoms. The predicted molar refractivity (Wildman–Crippen MR) is 71.1 cm³/mol. The highest BCUT2D eigenvalue weighted by Crippen LogP contribution is 2.22. The zero-order valence-corrected chi connectivity index (χ0v) is 11.2. The maximum Gasteiger partial charge on any atom is 0.119 e. The van der Waals surface area contributed by atoms with E-state index in [0.29, 0.717) is 6.61 Å². The van der Waals surface area contributed by atoms with Crippen LogP contribution in [0.3, 0.4) is 0 Å². The Labute approximate surface area is 108 Å². The number of halogens is 1. The van der Waals surface area contributed by atoms with Crippen LogP contribution in [0, 0.1) is 0 Å². The van der Waals surface area contributed by atoms with Crippen LogP contribution >= 0.6 is 11.6 Å². The summed E-state index contributed by atoms with van der Waals surface area (Å²) in [7, 11) is 1.69. The van der Waals surface area contributed by atoms with Crippen molar-refractivity contribution in [3.63, 3.8) is 0 Å². The number of aryl methyl sites for hydroxylation is 1. The van der Waals surface area contributed by atoms with Gasteiger partial charge in [0.2, 0.25) is 0 Å². The molecule has 3 nitrogen and oxygen atoms in total. The number of methoxy groups -OCH3 is 1. The average Bonchev–Trinajstić information content (AvgIpc) is 2.35. The highest BCUT2D eigenvalue weighted by molar-refractivity contribution is 6.31. The smallest absolute Gasteiger partial charge is 0.119 e. The van der Waals surface area contributed by atoms with Crippen molar-refractivity contribution in [3.8, 4) is 5.75 Å². The predicted octanol–water partition coefficient (Wildman–Crippen LogP) is 2.52. The van der Waals surface area contributed by atoms with Gasteiger partial charge in [-0.05, 0) is 30.2 Å². The lowest BCUT2D eigenvalue weighted by Crippen LogP contribution is -2.24. The van der Waals surface area contributed by atoms with Gasteiger partial charge < -0.3 is 14.8 Å². The van der Waals surface area contributed by atoms with Gasteiger partial charge in [-0.3, -0.25) is 0 Å². The van der Waals surface area contributed by atoms with Crippen molar-refractivity contribution in [2.75, 3.05) is 33.4 Å². The molecule has 96 valence electrons. The van der Waals surface area contributed by atoms with Crippen molar-refractivity contribution in [1.29, 1.82) is 0 Å². The monoisotopic (exact) mass is 257 g/mol. The topological polar surface area (TPSA) is 30.5 Å². The van der Waals surface area contributed by atoms with E-state index in [4.69, 9.17) is 21.1 Å². The SMILES string of the molecule is CCc1cc(OCCNCCOC)ccc1Cl. The van der Waals surface area contributed by atoms with Gasteiger partial charge >= 0.3 is 0 Å². The molecular weight excluding hydrogens is 238 g/mol. The first-order valence-electron chi connectivity index (χ1n) is 5.88. The van der Waals surface area contributed by atoms with E-state index in [1.165, 1.54) is 0 Å². The molecule has 0 radical (unpaired) electrons. The van der Waals surface area contributed by atoms with Gasteiger partial charge in [0.05, 0.1) is 6.61 Å². The Kier molecular flexibility index (Phi) is 7.01. The Balaban J connectivity index is 2.27. The summed E-state index contributed by atoms with van der Waals surface area (Å²) in [5, 5.41) is 4.02. The first-order chi connectivity index (χ1) is 8.27. The fourth-order valence-electron chi connectivity index (χ4n) is 1.45. The summed E-state index contributed by atoms with van der Waals surface area (Å²) in [6, 6.07) is 5.78. The molecule has 0 heterocycles. The molecule has 0 saturated carbocycles. The van der Waals surface area contributed by atoms with Gasteiger partial charge in [-0.25, -0.2) is 0 Å². The largest absolute Gasteiger partial charge is 0.492 e. The molecule has 0 bridgehead atoms. The van der Waals surface area contributed by atoms with E-state index in [-0.39, 0.29) is 0 Å². The van der Waals surface area contributed by atoms with Crippen LogP contribution < -0.4 is 10.1 Å². The lowest BCUT2D eigenvalue weighted by atomic mass is 10.1. The van der Waals surface area contributed by atoms with E-state index in [0.717, 1.165) is 42.5 Å². The van der Waals surface area contributed by atoms with Crippen molar-refractivity contribution < 1.29 is 9.47 Å². The van der Waals surface area contributed by atoms with Gasteiger partial charge in [0.25, 0.3) is 0 Å². The van der Waals surface area contributed by atoms with Gasteiger partial charge in [0, 0.05) is 25.2 Å². The normalized spacial score (nSPS) is 10.5. The Morgan fingerprint density at radius 1 is 1.24 bits per heavy atom. The first-order valence-corrected chi connectivity index (χ1v) is 6.26. The van der Waals surface area contributed by atoms with Crippen LogP contribution in [0.15, 0.2) is 18.2 Å². The summed E-state index contributed by atoms with van der Waals surface area (Å²) in [6.07, 6.45) is 0.919. The fraction of sp³-hybridized carbons (Fsp3) is 0.538. The van der Waals surface area contributed by atoms with E-state index in [9.17, 15) is 0 Å². The summed E-state index contributed by atoms with van der Waals surface area (Å²) >= 11 is 6.03. The highest BCUT2D eigenvalue weighted by atomic mass is 35.5. The van der Waals surface area contributed by atoms with Crippen molar-refractivity contribution in [2.24, 2.45) is 0 Å². The molecule has 0 aromatic heterocycles. The van der Waals surface area contributed by atoms with E-state index in [1.807, 2.05) is 18.2 Å². The second kappa shape index (κ2) is 8.34. The van der Waals surface area contributed by atoms with Crippen LogP contribution in [0.25, 0.3) is 0 Å². The Hall–Kier alpha value is -0.770. The number of rotatable bonds is 8. The summed E-state index contributed by atoms with van der Waals surface area (Å²) in [4.78, 5) is 0. The van der Waals surface area contributed by atoms with Crippen molar-refractivity contribution in [2.45, 2.75) is 13.3 Å². The molecule has 0 amide bonds. The quantitative estimate of drug-likeness (QED) is 0.726.